The van der Waals surface area contributed by atoms with Crippen molar-refractivity contribution < 1.29 is 223 Å². The first kappa shape index (κ1) is 101. The molecule has 14 rings (SSSR count). The van der Waals surface area contributed by atoms with Crippen LogP contribution in [-0.2, 0) is 90.1 Å². The number of carbonyl (C=O) groups is 1. The van der Waals surface area contributed by atoms with E-state index in [1.165, 1.54) is 20.8 Å². The van der Waals surface area contributed by atoms with Crippen LogP contribution in [0.1, 0.15) is 127 Å². The van der Waals surface area contributed by atoms with Crippen LogP contribution in [0.25, 0.3) is 0 Å². The Morgan fingerprint density at radius 2 is 0.789 bits per heavy atom. The fraction of sp³-hybridized carbons (Fsp3) is 0.964. The van der Waals surface area contributed by atoms with Crippen LogP contribution < -0.4 is 0 Å². The molecule has 0 unspecified atom stereocenters. The van der Waals surface area contributed by atoms with Gasteiger partial charge in [-0.25, -0.2) is 0 Å². The summed E-state index contributed by atoms with van der Waals surface area (Å²) in [5.41, 5.74) is -2.81. The van der Waals surface area contributed by atoms with Crippen molar-refractivity contribution >= 4 is 5.97 Å². The van der Waals surface area contributed by atoms with Gasteiger partial charge < -0.3 is 218 Å². The van der Waals surface area contributed by atoms with Crippen molar-refractivity contribution in [2.24, 2.45) is 50.2 Å². The zero-order chi connectivity index (χ0) is 93.3. The molecule has 9 saturated heterocycles. The van der Waals surface area contributed by atoms with Gasteiger partial charge in [0, 0.05) is 5.41 Å². The van der Waals surface area contributed by atoms with Crippen LogP contribution >= 0.6 is 0 Å². The lowest BCUT2D eigenvalue weighted by atomic mass is 9.33. The van der Waals surface area contributed by atoms with Crippen LogP contribution in [0.15, 0.2) is 11.6 Å². The minimum absolute atomic E-state index is 0.00665. The van der Waals surface area contributed by atoms with Gasteiger partial charge in [-0.3, -0.25) is 4.79 Å². The molecule has 5 aliphatic carbocycles. The van der Waals surface area contributed by atoms with Gasteiger partial charge in [-0.1, -0.05) is 53.2 Å². The molecule has 128 heavy (non-hydrogen) atoms. The smallest absolute Gasteiger partial charge is 0.315 e. The summed E-state index contributed by atoms with van der Waals surface area (Å²) in [5.74, 6) is -1.34. The molecule has 53 atom stereocenters. The number of ether oxygens (including phenoxy) is 18. The van der Waals surface area contributed by atoms with E-state index < -0.39 is 355 Å². The topological polar surface area (TPSA) is 709 Å². The molecule has 9 heterocycles. The number of aliphatic hydroxyl groups is 26. The molecule has 738 valence electrons. The average molecular weight is 1850 g/mol. The first-order valence-corrected chi connectivity index (χ1v) is 44.5. The highest BCUT2D eigenvalue weighted by Crippen LogP contribution is 2.76. The van der Waals surface area contributed by atoms with E-state index in [1.54, 1.807) is 0 Å². The Kier molecular flexibility index (Phi) is 31.2. The molecule has 0 aromatic rings. The van der Waals surface area contributed by atoms with Crippen molar-refractivity contribution in [2.75, 3.05) is 46.2 Å². The molecule has 0 aromatic heterocycles. The molecule has 0 spiro atoms. The molecule has 0 amide bonds. The Morgan fingerprint density at radius 1 is 0.375 bits per heavy atom. The summed E-state index contributed by atoms with van der Waals surface area (Å²) >= 11 is 0. The van der Waals surface area contributed by atoms with Gasteiger partial charge in [-0.15, -0.1) is 0 Å². The third-order valence-corrected chi connectivity index (χ3v) is 31.6. The minimum atomic E-state index is -2.13. The molecule has 14 aliphatic rings. The van der Waals surface area contributed by atoms with Crippen molar-refractivity contribution in [3.05, 3.63) is 11.6 Å². The van der Waals surface area contributed by atoms with E-state index in [4.69, 9.17) is 85.3 Å². The van der Waals surface area contributed by atoms with Crippen LogP contribution in [0.3, 0.4) is 0 Å². The number of fused-ring (bicyclic) bond motifs is 7. The Morgan fingerprint density at radius 3 is 1.30 bits per heavy atom. The van der Waals surface area contributed by atoms with Gasteiger partial charge in [-0.05, 0) is 124 Å². The number of rotatable bonds is 24. The van der Waals surface area contributed by atoms with E-state index in [0.29, 0.717) is 64.2 Å². The zero-order valence-electron chi connectivity index (χ0n) is 72.7. The van der Waals surface area contributed by atoms with E-state index in [2.05, 4.69) is 40.7 Å². The monoisotopic (exact) mass is 1850 g/mol. The van der Waals surface area contributed by atoms with Crippen molar-refractivity contribution in [2.45, 2.75) is 403 Å². The van der Waals surface area contributed by atoms with Crippen LogP contribution in [0, 0.1) is 50.2 Å². The summed E-state index contributed by atoms with van der Waals surface area (Å²) in [6, 6.07) is 0. The van der Waals surface area contributed by atoms with E-state index in [1.807, 2.05) is 6.92 Å². The molecule has 45 nitrogen and oxygen atoms in total. The van der Waals surface area contributed by atoms with Gasteiger partial charge in [0.1, 0.15) is 195 Å². The maximum absolute atomic E-state index is 15.6. The molecular weight excluding hydrogens is 1720 g/mol. The van der Waals surface area contributed by atoms with Crippen molar-refractivity contribution in [1.29, 1.82) is 0 Å². The second-order valence-electron chi connectivity index (χ2n) is 39.7. The molecule has 13 fully saturated rings. The first-order valence-electron chi connectivity index (χ1n) is 44.5. The minimum Gasteiger partial charge on any atom is -0.432 e. The number of hydrogen-bond acceptors (Lipinski definition) is 45. The molecule has 0 aromatic carbocycles. The predicted molar refractivity (Wildman–Crippen MR) is 417 cm³/mol. The fourth-order valence-corrected chi connectivity index (χ4v) is 23.4. The lowest BCUT2D eigenvalue weighted by Crippen LogP contribution is -2.67. The summed E-state index contributed by atoms with van der Waals surface area (Å²) in [6.45, 7) is 11.9. The third kappa shape index (κ3) is 18.2. The molecule has 45 heteroatoms. The molecule has 0 bridgehead atoms. The predicted octanol–water partition coefficient (Wildman–Crippen LogP) is -10.2. The molecular formula is C83H136O45. The van der Waals surface area contributed by atoms with E-state index in [9.17, 15) is 133 Å². The number of hydrogen-bond donors (Lipinski definition) is 26. The quantitative estimate of drug-likeness (QED) is 0.0242. The normalized spacial score (nSPS) is 55.3. The standard InChI is InChI=1S/C83H136O45/c1-28-42(89)47(94)55(102)69(113-28)124-65-35(23-86)119-74(62(109)54(65)101)126-66-36(24-87)118-73(61(108)53(66)100)123-63-30(3)115-71(60(107)51(63)98)125-64-34(22-85)117-68(59(106)52(64)99)111-25-37-45(92)50(97)58(105)75(120-37)128-77(110)83-18-16-78(4,5)20-32(83)31-10-11-40-79(6)14-13-41(80(7,27-88)39(79)12-15-82(40,9)81(31,8)17-19-83)122-76-67(127-70-56(103)48(95)43(90)29(2)114-70)46(93)38(26-112-76)121-72-57(104)49(96)44(91)33(21-84)116-72/h10,28-30,32-76,84-109H,11-27H2,1-9H3/t28-,29-,30-,32-,33+,34+,35+,36+,37+,38-,39+,40+,41-,42-,43-,44+,45+,46-,47+,48+,49-,50-,51-,52+,53+,54+,55+,56+,57+,58+,59+,60+,61+,62+,63-,64+,65+,66+,67+,68+,69-,70-,71-,72-,73-,74-,75-,76-,79-,80-,81+,82+,83-/m0/s1. The molecule has 26 N–H and O–H groups in total. The summed E-state index contributed by atoms with van der Waals surface area (Å²) in [7, 11) is 0. The largest absolute Gasteiger partial charge is 0.432 e. The van der Waals surface area contributed by atoms with E-state index >= 15 is 4.79 Å². The zero-order valence-corrected chi connectivity index (χ0v) is 72.7. The average Bonchev–Trinajstić information content (AvgIpc) is 0.672. The van der Waals surface area contributed by atoms with Gasteiger partial charge in [0.05, 0.1) is 76.1 Å². The highest BCUT2D eigenvalue weighted by molar-refractivity contribution is 5.79. The summed E-state index contributed by atoms with van der Waals surface area (Å²) in [4.78, 5) is 15.6. The first-order chi connectivity index (χ1) is 60.2. The highest BCUT2D eigenvalue weighted by Gasteiger charge is 2.72. The summed E-state index contributed by atoms with van der Waals surface area (Å²) in [6.07, 6.45) is -70.9. The SMILES string of the molecule is C[C@@H]1O[C@@H](O[C@H]2[C@H](O[C@H]3CC[C@@]4(C)[C@@H](CC[C@]5(C)[C@@H]4CC=C4[C@@H]6CC(C)(C)CC[C@]6(C(=O)O[C@@H]6O[C@H](CO[C@@H]7O[C@H](CO)[C@@H](O[C@@H]8O[C@@H](C)[C@H](O[C@@H]9O[C@H](CO)[C@@H](O[C@@H]%10O[C@H](CO)[C@@H](O[C@@H]%11O[C@@H](C)[C@H](O)[C@@H](O)[C@H]%11O)[C@H](O)[C@H]%10O)[C@H](O)[C@H]9O)[C@@H](O)[C@H]8O)[C@H](O)[C@H]7O)[C@@H](O)[C@H](O)[C@H]6O)CC[C@]45C)[C@]3(C)CO)OC[C@H](O[C@@H]3O[C@H](CO)[C@@H](O)[C@H](O)[C@H]3O)[C@@H]2O)[C@H](O)[C@H](O)[C@H]1O. The maximum Gasteiger partial charge on any atom is 0.315 e. The van der Waals surface area contributed by atoms with Crippen LogP contribution in [0.5, 0.6) is 0 Å². The van der Waals surface area contributed by atoms with E-state index in [-0.39, 0.29) is 23.9 Å². The molecule has 4 saturated carbocycles. The van der Waals surface area contributed by atoms with Crippen LogP contribution in [0.4, 0.5) is 0 Å². The number of aliphatic hydroxyl groups excluding tert-OH is 26. The molecule has 0 radical (unpaired) electrons. The van der Waals surface area contributed by atoms with Gasteiger partial charge in [0.15, 0.2) is 50.3 Å². The fourth-order valence-electron chi connectivity index (χ4n) is 23.4. The lowest BCUT2D eigenvalue weighted by Gasteiger charge is -2.71. The summed E-state index contributed by atoms with van der Waals surface area (Å²) in [5, 5.41) is 287. The Labute approximate surface area is 737 Å². The Balaban J connectivity index is 0.595. The van der Waals surface area contributed by atoms with Crippen molar-refractivity contribution in [3.8, 4) is 0 Å². The third-order valence-electron chi connectivity index (χ3n) is 31.6. The molecule has 9 aliphatic heterocycles. The lowest BCUT2D eigenvalue weighted by molar-refractivity contribution is -0.391. The van der Waals surface area contributed by atoms with Gasteiger partial charge >= 0.3 is 5.97 Å². The second-order valence-corrected chi connectivity index (χ2v) is 39.7. The van der Waals surface area contributed by atoms with Crippen LogP contribution in [0.2, 0.25) is 0 Å². The second kappa shape index (κ2) is 39.4. The van der Waals surface area contributed by atoms with Gasteiger partial charge in [-0.2, -0.15) is 0 Å². The van der Waals surface area contributed by atoms with E-state index in [0.717, 1.165) is 5.57 Å². The van der Waals surface area contributed by atoms with Gasteiger partial charge in [0.25, 0.3) is 0 Å². The summed E-state index contributed by atoms with van der Waals surface area (Å²) < 4.78 is 107. The van der Waals surface area contributed by atoms with Crippen molar-refractivity contribution in [1.82, 2.24) is 0 Å². The maximum atomic E-state index is 15.6. The van der Waals surface area contributed by atoms with Crippen molar-refractivity contribution in [3.63, 3.8) is 0 Å². The Hall–Kier alpha value is -2.51. The Bertz CT molecular complexity index is 3690. The number of carbonyl (C=O) groups excluding carboxylic acids is 1. The number of allylic oxidation sites excluding steroid dienone is 2. The van der Waals surface area contributed by atoms with Gasteiger partial charge in [0.2, 0.25) is 6.29 Å². The number of esters is 1. The highest BCUT2D eigenvalue weighted by atomic mass is 16.8. The van der Waals surface area contributed by atoms with Crippen LogP contribution in [-0.4, -0.2) is 461 Å².